The van der Waals surface area contributed by atoms with Gasteiger partial charge in [-0.15, -0.1) is 6.58 Å². The van der Waals surface area contributed by atoms with E-state index in [4.69, 9.17) is 10.5 Å². The normalized spacial score (nSPS) is 9.30. The largest absolute Gasteiger partial charge is 0.377 e. The summed E-state index contributed by atoms with van der Waals surface area (Å²) in [6.45, 7) is 9.06. The molecule has 2 nitrogen and oxygen atoms in total. The van der Waals surface area contributed by atoms with Crippen molar-refractivity contribution in [2.75, 3.05) is 19.8 Å². The van der Waals surface area contributed by atoms with E-state index in [9.17, 15) is 0 Å². The quantitative estimate of drug-likeness (QED) is 0.444. The second-order valence-corrected chi connectivity index (χ2v) is 2.08. The van der Waals surface area contributed by atoms with E-state index in [1.54, 1.807) is 0 Å². The Morgan fingerprint density at radius 1 is 1.60 bits per heavy atom. The van der Waals surface area contributed by atoms with Crippen LogP contribution < -0.4 is 5.73 Å². The van der Waals surface area contributed by atoms with Crippen molar-refractivity contribution >= 4 is 0 Å². The van der Waals surface area contributed by atoms with Crippen LogP contribution in [0.4, 0.5) is 0 Å². The van der Waals surface area contributed by atoms with Crippen LogP contribution in [0.5, 0.6) is 0 Å². The second kappa shape index (κ2) is 6.52. The topological polar surface area (TPSA) is 35.2 Å². The third kappa shape index (κ3) is 5.54. The van der Waals surface area contributed by atoms with Crippen molar-refractivity contribution in [3.63, 3.8) is 0 Å². The first-order valence-corrected chi connectivity index (χ1v) is 3.36. The van der Waals surface area contributed by atoms with Gasteiger partial charge in [0.05, 0.1) is 13.2 Å². The zero-order valence-electron chi connectivity index (χ0n) is 6.31. The average Bonchev–Trinajstić information content (AvgIpc) is 1.98. The lowest BCUT2D eigenvalue weighted by Gasteiger charge is -2.02. The lowest BCUT2D eigenvalue weighted by molar-refractivity contribution is 0.161. The van der Waals surface area contributed by atoms with Crippen LogP contribution in [0.2, 0.25) is 0 Å². The van der Waals surface area contributed by atoms with Gasteiger partial charge in [-0.2, -0.15) is 0 Å². The summed E-state index contributed by atoms with van der Waals surface area (Å²) in [5.74, 6) is 0. The molecular weight excluding hydrogens is 126 g/mol. The van der Waals surface area contributed by atoms with Crippen molar-refractivity contribution in [3.8, 4) is 0 Å². The van der Waals surface area contributed by atoms with E-state index in [2.05, 4.69) is 13.2 Å². The molecule has 0 spiro atoms. The van der Waals surface area contributed by atoms with Crippen molar-refractivity contribution in [3.05, 3.63) is 24.8 Å². The second-order valence-electron chi connectivity index (χ2n) is 2.08. The van der Waals surface area contributed by atoms with Crippen molar-refractivity contribution in [2.24, 2.45) is 5.73 Å². The molecule has 0 aliphatic carbocycles. The molecule has 0 aromatic heterocycles. The fraction of sp³-hybridized carbons (Fsp3) is 0.500. The lowest BCUT2D eigenvalue weighted by Crippen LogP contribution is -2.08. The average molecular weight is 141 g/mol. The smallest absolute Gasteiger partial charge is 0.0686 e. The van der Waals surface area contributed by atoms with Crippen LogP contribution in [0.3, 0.4) is 0 Å². The van der Waals surface area contributed by atoms with Crippen molar-refractivity contribution in [2.45, 2.75) is 6.42 Å². The Hall–Kier alpha value is -0.600. The van der Waals surface area contributed by atoms with Gasteiger partial charge in [0.1, 0.15) is 0 Å². The van der Waals surface area contributed by atoms with Crippen LogP contribution in [-0.4, -0.2) is 19.8 Å². The molecule has 0 unspecified atom stereocenters. The number of ether oxygens (including phenoxy) is 1. The Kier molecular flexibility index (Phi) is 6.13. The van der Waals surface area contributed by atoms with Crippen LogP contribution in [0.1, 0.15) is 6.42 Å². The Labute approximate surface area is 62.4 Å². The van der Waals surface area contributed by atoms with Crippen LogP contribution in [0, 0.1) is 0 Å². The third-order valence-electron chi connectivity index (χ3n) is 1.06. The minimum Gasteiger partial charge on any atom is -0.377 e. The predicted octanol–water partition coefficient (Wildman–Crippen LogP) is 1.09. The maximum absolute atomic E-state index is 5.29. The van der Waals surface area contributed by atoms with Crippen molar-refractivity contribution in [1.82, 2.24) is 0 Å². The molecule has 2 heteroatoms. The minimum atomic E-state index is 0.508. The SMILES string of the molecule is C=CCCOCC(=C)CN. The summed E-state index contributed by atoms with van der Waals surface area (Å²) in [7, 11) is 0. The van der Waals surface area contributed by atoms with Crippen LogP contribution in [0.25, 0.3) is 0 Å². The highest BCUT2D eigenvalue weighted by Gasteiger charge is 1.88. The molecule has 0 bridgehead atoms. The summed E-state index contributed by atoms with van der Waals surface area (Å²) < 4.78 is 5.18. The van der Waals surface area contributed by atoms with E-state index in [1.807, 2.05) is 6.08 Å². The monoisotopic (exact) mass is 141 g/mol. The van der Waals surface area contributed by atoms with Gasteiger partial charge in [0.15, 0.2) is 0 Å². The standard InChI is InChI=1S/C8H15NO/c1-3-4-5-10-7-8(2)6-9/h3H,1-2,4-7,9H2. The van der Waals surface area contributed by atoms with Crippen molar-refractivity contribution < 1.29 is 4.74 Å². The number of rotatable bonds is 6. The molecule has 0 saturated heterocycles. The van der Waals surface area contributed by atoms with Crippen molar-refractivity contribution in [1.29, 1.82) is 0 Å². The highest BCUT2D eigenvalue weighted by Crippen LogP contribution is 1.89. The van der Waals surface area contributed by atoms with E-state index in [-0.39, 0.29) is 0 Å². The van der Waals surface area contributed by atoms with Gasteiger partial charge in [0, 0.05) is 6.54 Å². The van der Waals surface area contributed by atoms with Gasteiger partial charge in [-0.3, -0.25) is 0 Å². The third-order valence-corrected chi connectivity index (χ3v) is 1.06. The van der Waals surface area contributed by atoms with Crippen LogP contribution in [-0.2, 0) is 4.74 Å². The first kappa shape index (κ1) is 9.40. The Balaban J connectivity index is 3.03. The molecule has 0 saturated carbocycles. The predicted molar refractivity (Wildman–Crippen MR) is 43.8 cm³/mol. The van der Waals surface area contributed by atoms with E-state index >= 15 is 0 Å². The van der Waals surface area contributed by atoms with Crippen LogP contribution in [0.15, 0.2) is 24.8 Å². The van der Waals surface area contributed by atoms with E-state index in [1.165, 1.54) is 0 Å². The highest BCUT2D eigenvalue weighted by atomic mass is 16.5. The summed E-state index contributed by atoms with van der Waals surface area (Å²) in [5, 5.41) is 0. The molecular formula is C8H15NO. The van der Waals surface area contributed by atoms with E-state index < -0.39 is 0 Å². The molecule has 0 aromatic rings. The molecule has 0 radical (unpaired) electrons. The van der Waals surface area contributed by atoms with Gasteiger partial charge in [-0.25, -0.2) is 0 Å². The summed E-state index contributed by atoms with van der Waals surface area (Å²) in [5.41, 5.74) is 6.22. The van der Waals surface area contributed by atoms with Crippen LogP contribution >= 0.6 is 0 Å². The Morgan fingerprint density at radius 3 is 2.80 bits per heavy atom. The van der Waals surface area contributed by atoms with E-state index in [0.29, 0.717) is 19.8 Å². The molecule has 0 fully saturated rings. The minimum absolute atomic E-state index is 0.508. The molecule has 0 rings (SSSR count). The molecule has 10 heavy (non-hydrogen) atoms. The molecule has 2 N–H and O–H groups in total. The maximum atomic E-state index is 5.29. The number of nitrogens with two attached hydrogens (primary N) is 1. The lowest BCUT2D eigenvalue weighted by atomic mass is 10.3. The molecule has 0 aliphatic heterocycles. The zero-order chi connectivity index (χ0) is 7.82. The van der Waals surface area contributed by atoms with Gasteiger partial charge in [0.2, 0.25) is 0 Å². The first-order valence-electron chi connectivity index (χ1n) is 3.36. The van der Waals surface area contributed by atoms with Gasteiger partial charge in [0.25, 0.3) is 0 Å². The fourth-order valence-electron chi connectivity index (χ4n) is 0.442. The molecule has 0 amide bonds. The zero-order valence-corrected chi connectivity index (χ0v) is 6.31. The molecule has 0 heterocycles. The number of hydrogen-bond acceptors (Lipinski definition) is 2. The molecule has 0 aromatic carbocycles. The fourth-order valence-corrected chi connectivity index (χ4v) is 0.442. The Bertz CT molecular complexity index is 110. The summed E-state index contributed by atoms with van der Waals surface area (Å²) in [6, 6.07) is 0. The van der Waals surface area contributed by atoms with Gasteiger partial charge >= 0.3 is 0 Å². The molecule has 58 valence electrons. The number of hydrogen-bond donors (Lipinski definition) is 1. The summed E-state index contributed by atoms with van der Waals surface area (Å²) in [4.78, 5) is 0. The van der Waals surface area contributed by atoms with Gasteiger partial charge < -0.3 is 10.5 Å². The summed E-state index contributed by atoms with van der Waals surface area (Å²) >= 11 is 0. The van der Waals surface area contributed by atoms with Gasteiger partial charge in [-0.1, -0.05) is 12.7 Å². The molecule has 0 atom stereocenters. The van der Waals surface area contributed by atoms with Gasteiger partial charge in [-0.05, 0) is 12.0 Å². The van der Waals surface area contributed by atoms with E-state index in [0.717, 1.165) is 12.0 Å². The molecule has 0 aliphatic rings. The summed E-state index contributed by atoms with van der Waals surface area (Å²) in [6.07, 6.45) is 2.71. The Morgan fingerprint density at radius 2 is 2.30 bits per heavy atom. The maximum Gasteiger partial charge on any atom is 0.0686 e. The first-order chi connectivity index (χ1) is 4.81. The highest BCUT2D eigenvalue weighted by molar-refractivity contribution is 4.95.